The minimum absolute atomic E-state index is 0.0736. The molecular formula is C27H28F2N4O2. The van der Waals surface area contributed by atoms with E-state index < -0.39 is 17.7 Å². The molecule has 0 saturated carbocycles. The van der Waals surface area contributed by atoms with Gasteiger partial charge in [-0.05, 0) is 51.1 Å². The van der Waals surface area contributed by atoms with Crippen molar-refractivity contribution < 1.29 is 18.6 Å². The third-order valence-electron chi connectivity index (χ3n) is 6.00. The Bertz CT molecular complexity index is 1330. The van der Waals surface area contributed by atoms with Crippen LogP contribution in [0, 0.1) is 11.6 Å². The normalized spacial score (nSPS) is 15.3. The smallest absolute Gasteiger partial charge is 0.135 e. The summed E-state index contributed by atoms with van der Waals surface area (Å²) in [5.41, 5.74) is 3.48. The van der Waals surface area contributed by atoms with Crippen molar-refractivity contribution in [3.63, 3.8) is 0 Å². The van der Waals surface area contributed by atoms with E-state index in [4.69, 9.17) is 4.74 Å². The Morgan fingerprint density at radius 2 is 1.86 bits per heavy atom. The third kappa shape index (κ3) is 5.13. The summed E-state index contributed by atoms with van der Waals surface area (Å²) in [5.74, 6) is -1.64. The van der Waals surface area contributed by atoms with E-state index in [1.54, 1.807) is 26.8 Å². The van der Waals surface area contributed by atoms with Crippen molar-refractivity contribution in [2.24, 2.45) is 4.99 Å². The van der Waals surface area contributed by atoms with E-state index in [0.29, 0.717) is 41.1 Å². The van der Waals surface area contributed by atoms with Crippen LogP contribution >= 0.6 is 0 Å². The highest BCUT2D eigenvalue weighted by Gasteiger charge is 2.23. The highest BCUT2D eigenvalue weighted by Crippen LogP contribution is 2.35. The molecule has 1 aromatic heterocycles. The molecule has 0 bridgehead atoms. The van der Waals surface area contributed by atoms with Crippen molar-refractivity contribution in [2.75, 3.05) is 31.2 Å². The number of aliphatic hydroxyl groups is 1. The van der Waals surface area contributed by atoms with Crippen LogP contribution in [0.4, 0.5) is 14.5 Å². The van der Waals surface area contributed by atoms with Gasteiger partial charge in [-0.3, -0.25) is 4.99 Å². The first kappa shape index (κ1) is 24.6. The molecule has 2 aromatic carbocycles. The zero-order chi connectivity index (χ0) is 25.1. The number of hydrogen-bond acceptors (Lipinski definition) is 6. The lowest BCUT2D eigenvalue weighted by Gasteiger charge is -2.29. The van der Waals surface area contributed by atoms with Crippen molar-refractivity contribution in [3.05, 3.63) is 77.8 Å². The summed E-state index contributed by atoms with van der Waals surface area (Å²) in [7, 11) is 0. The van der Waals surface area contributed by atoms with E-state index in [-0.39, 0.29) is 16.8 Å². The molecule has 182 valence electrons. The van der Waals surface area contributed by atoms with Gasteiger partial charge in [0.25, 0.3) is 0 Å². The molecule has 2 heterocycles. The molecular weight excluding hydrogens is 450 g/mol. The second-order valence-electron chi connectivity index (χ2n) is 8.62. The standard InChI is InChI=1S/C27H28F2N4O2/c1-5-17(4)32-25(16(2)3)27(34)21-13-20(22(28)14-23(21)29)26-19-7-6-18(12-24(19)30-15-31-26)33-8-10-35-11-9-33/h5-7,12-15,27,34H,1,8-11H2,2-4H3. The monoisotopic (exact) mass is 478 g/mol. The molecule has 1 N–H and O–H groups in total. The van der Waals surface area contributed by atoms with Crippen LogP contribution in [-0.4, -0.2) is 47.1 Å². The van der Waals surface area contributed by atoms with Crippen molar-refractivity contribution >= 4 is 22.3 Å². The molecule has 1 unspecified atom stereocenters. The molecule has 6 nitrogen and oxygen atoms in total. The van der Waals surface area contributed by atoms with Gasteiger partial charge in [0.15, 0.2) is 0 Å². The summed E-state index contributed by atoms with van der Waals surface area (Å²) in [6.45, 7) is 11.8. The topological polar surface area (TPSA) is 70.8 Å². The number of aliphatic hydroxyl groups excluding tert-OH is 1. The predicted octanol–water partition coefficient (Wildman–Crippen LogP) is 5.39. The maximum Gasteiger partial charge on any atom is 0.135 e. The van der Waals surface area contributed by atoms with Crippen molar-refractivity contribution in [1.29, 1.82) is 0 Å². The van der Waals surface area contributed by atoms with Crippen LogP contribution in [0.5, 0.6) is 0 Å². The van der Waals surface area contributed by atoms with Crippen molar-refractivity contribution in [3.8, 4) is 11.3 Å². The number of aliphatic imine (C=N–C) groups is 1. The third-order valence-corrected chi connectivity index (χ3v) is 6.00. The van der Waals surface area contributed by atoms with Crippen LogP contribution in [0.25, 0.3) is 22.2 Å². The van der Waals surface area contributed by atoms with Gasteiger partial charge in [-0.25, -0.2) is 18.7 Å². The maximum atomic E-state index is 15.0. The second kappa shape index (κ2) is 10.4. The number of benzene rings is 2. The quantitative estimate of drug-likeness (QED) is 0.482. The maximum absolute atomic E-state index is 15.0. The average molecular weight is 479 g/mol. The lowest BCUT2D eigenvalue weighted by atomic mass is 9.97. The zero-order valence-corrected chi connectivity index (χ0v) is 20.1. The van der Waals surface area contributed by atoms with E-state index in [9.17, 15) is 9.50 Å². The van der Waals surface area contributed by atoms with Gasteiger partial charge in [0.05, 0.1) is 30.1 Å². The number of allylic oxidation sites excluding steroid dienone is 2. The van der Waals surface area contributed by atoms with Gasteiger partial charge in [-0.2, -0.15) is 0 Å². The highest BCUT2D eigenvalue weighted by molar-refractivity contribution is 5.94. The first-order chi connectivity index (χ1) is 16.8. The Hall–Kier alpha value is -3.49. The molecule has 3 aromatic rings. The Labute approximate surface area is 203 Å². The molecule has 35 heavy (non-hydrogen) atoms. The number of hydrogen-bond donors (Lipinski definition) is 1. The van der Waals surface area contributed by atoms with Crippen LogP contribution in [0.2, 0.25) is 0 Å². The van der Waals surface area contributed by atoms with Crippen LogP contribution in [0.15, 0.2) is 65.6 Å². The first-order valence-electron chi connectivity index (χ1n) is 11.4. The number of fused-ring (bicyclic) bond motifs is 1. The van der Waals surface area contributed by atoms with E-state index in [0.717, 1.165) is 24.8 Å². The second-order valence-corrected chi connectivity index (χ2v) is 8.62. The number of anilines is 1. The Morgan fingerprint density at radius 1 is 1.11 bits per heavy atom. The zero-order valence-electron chi connectivity index (χ0n) is 20.1. The SMILES string of the molecule is C=CC(C)=NC(=C(C)C)C(O)c1cc(-c2ncnc3cc(N4CCOCC4)ccc23)c(F)cc1F. The molecule has 1 aliphatic rings. The molecule has 0 amide bonds. The molecule has 1 atom stereocenters. The van der Waals surface area contributed by atoms with E-state index in [1.165, 1.54) is 12.4 Å². The number of morpholine rings is 1. The van der Waals surface area contributed by atoms with Crippen LogP contribution < -0.4 is 4.90 Å². The lowest BCUT2D eigenvalue weighted by molar-refractivity contribution is 0.122. The fourth-order valence-corrected chi connectivity index (χ4v) is 4.06. The van der Waals surface area contributed by atoms with Gasteiger partial charge in [-0.15, -0.1) is 0 Å². The number of rotatable bonds is 6. The number of halogens is 2. The highest BCUT2D eigenvalue weighted by atomic mass is 19.1. The first-order valence-corrected chi connectivity index (χ1v) is 11.4. The lowest BCUT2D eigenvalue weighted by Crippen LogP contribution is -2.36. The summed E-state index contributed by atoms with van der Waals surface area (Å²) in [4.78, 5) is 15.2. The van der Waals surface area contributed by atoms with Crippen LogP contribution in [0.3, 0.4) is 0 Å². The molecule has 0 aliphatic carbocycles. The number of ether oxygens (including phenoxy) is 1. The van der Waals surface area contributed by atoms with Gasteiger partial charge in [-0.1, -0.05) is 12.2 Å². The Balaban J connectivity index is 1.80. The molecule has 4 rings (SSSR count). The summed E-state index contributed by atoms with van der Waals surface area (Å²) in [6.07, 6.45) is 1.51. The van der Waals surface area contributed by atoms with Crippen molar-refractivity contribution in [2.45, 2.75) is 26.9 Å². The van der Waals surface area contributed by atoms with E-state index in [2.05, 4.69) is 26.4 Å². The summed E-state index contributed by atoms with van der Waals surface area (Å²) >= 11 is 0. The fourth-order valence-electron chi connectivity index (χ4n) is 4.06. The number of aromatic nitrogens is 2. The van der Waals surface area contributed by atoms with E-state index in [1.807, 2.05) is 18.2 Å². The minimum Gasteiger partial charge on any atom is -0.382 e. The molecule has 8 heteroatoms. The molecule has 1 aliphatic heterocycles. The van der Waals surface area contributed by atoms with Gasteiger partial charge in [0.1, 0.15) is 24.1 Å². The van der Waals surface area contributed by atoms with E-state index >= 15 is 4.39 Å². The summed E-state index contributed by atoms with van der Waals surface area (Å²) in [5, 5.41) is 11.6. The molecule has 0 spiro atoms. The molecule has 1 saturated heterocycles. The van der Waals surface area contributed by atoms with Gasteiger partial charge in [0.2, 0.25) is 0 Å². The average Bonchev–Trinajstić information content (AvgIpc) is 2.86. The number of nitrogens with zero attached hydrogens (tertiary/aromatic N) is 4. The minimum atomic E-state index is -1.39. The summed E-state index contributed by atoms with van der Waals surface area (Å²) in [6, 6.07) is 7.78. The Morgan fingerprint density at radius 3 is 2.54 bits per heavy atom. The largest absolute Gasteiger partial charge is 0.382 e. The molecule has 0 radical (unpaired) electrons. The molecule has 1 fully saturated rings. The van der Waals surface area contributed by atoms with Crippen molar-refractivity contribution in [1.82, 2.24) is 9.97 Å². The fraction of sp³-hybridized carbons (Fsp3) is 0.296. The predicted molar refractivity (Wildman–Crippen MR) is 135 cm³/mol. The van der Waals surface area contributed by atoms with Gasteiger partial charge in [0, 0.05) is 47.1 Å². The summed E-state index contributed by atoms with van der Waals surface area (Å²) < 4.78 is 35.3. The van der Waals surface area contributed by atoms with Gasteiger partial charge >= 0.3 is 0 Å². The van der Waals surface area contributed by atoms with Crippen LogP contribution in [-0.2, 0) is 4.74 Å². The van der Waals surface area contributed by atoms with Gasteiger partial charge < -0.3 is 14.7 Å². The Kier molecular flexibility index (Phi) is 7.33. The van der Waals surface area contributed by atoms with Crippen LogP contribution in [0.1, 0.15) is 32.4 Å².